The van der Waals surface area contributed by atoms with Gasteiger partial charge in [-0.15, -0.1) is 0 Å². The molecule has 1 aliphatic heterocycles. The number of carbonyl (C=O) groups excluding carboxylic acids is 1. The van der Waals surface area contributed by atoms with Crippen LogP contribution < -0.4 is 5.32 Å². The topological polar surface area (TPSA) is 96.7 Å². The summed E-state index contributed by atoms with van der Waals surface area (Å²) < 4.78 is 38.7. The van der Waals surface area contributed by atoms with E-state index < -0.39 is 12.1 Å². The second-order valence-corrected chi connectivity index (χ2v) is 7.41. The summed E-state index contributed by atoms with van der Waals surface area (Å²) in [6, 6.07) is 2.13. The van der Waals surface area contributed by atoms with Gasteiger partial charge in [0.15, 0.2) is 0 Å². The molecule has 0 saturated carbocycles. The van der Waals surface area contributed by atoms with Crippen LogP contribution in [0.1, 0.15) is 22.9 Å². The molecule has 30 heavy (non-hydrogen) atoms. The van der Waals surface area contributed by atoms with Crippen molar-refractivity contribution in [3.63, 3.8) is 0 Å². The number of nitrogens with zero attached hydrogens (tertiary/aromatic N) is 3. The molecule has 1 unspecified atom stereocenters. The Kier molecular flexibility index (Phi) is 8.38. The minimum Gasteiger partial charge on any atom is -0.475 e. The number of ether oxygens (including phenoxy) is 1. The first-order chi connectivity index (χ1) is 14.1. The number of nitrogens with one attached hydrogen (secondary N) is 1. The number of aliphatic carboxylic acids is 1. The summed E-state index contributed by atoms with van der Waals surface area (Å²) in [5.41, 5.74) is 3.32. The van der Waals surface area contributed by atoms with Crippen molar-refractivity contribution in [2.75, 3.05) is 26.8 Å². The van der Waals surface area contributed by atoms with Crippen LogP contribution in [0, 0.1) is 0 Å². The van der Waals surface area contributed by atoms with Gasteiger partial charge in [-0.05, 0) is 22.4 Å². The van der Waals surface area contributed by atoms with E-state index in [0.29, 0.717) is 19.7 Å². The first-order valence-corrected chi connectivity index (χ1v) is 9.88. The van der Waals surface area contributed by atoms with E-state index in [9.17, 15) is 18.0 Å². The zero-order chi connectivity index (χ0) is 22.3. The summed E-state index contributed by atoms with van der Waals surface area (Å²) in [5.74, 6) is -2.91. The molecule has 0 saturated heterocycles. The maximum Gasteiger partial charge on any atom is 0.490 e. The molecule has 1 aliphatic rings. The van der Waals surface area contributed by atoms with Crippen LogP contribution in [0.2, 0.25) is 0 Å². The molecular formula is C18H23F3N4O4S. The summed E-state index contributed by atoms with van der Waals surface area (Å²) in [7, 11) is 3.59. The van der Waals surface area contributed by atoms with Gasteiger partial charge in [0.1, 0.15) is 0 Å². The van der Waals surface area contributed by atoms with Crippen molar-refractivity contribution in [2.45, 2.75) is 25.2 Å². The standard InChI is InChI=1S/C16H22N4O2S.C2HF3O2/c1-19-11-18-14-9-20(7-12-3-6-23-10-12)8-13(15(14)19)16(21)17-4-5-22-2;3-2(4,5)1(6)7/h3,6,10-11,13H,4-5,7-9H2,1-2H3,(H,17,21);(H,6,7). The number of hydrogen-bond acceptors (Lipinski definition) is 6. The van der Waals surface area contributed by atoms with Gasteiger partial charge in [-0.1, -0.05) is 0 Å². The molecule has 2 aromatic rings. The van der Waals surface area contributed by atoms with Crippen LogP contribution in [0.4, 0.5) is 13.2 Å². The molecular weight excluding hydrogens is 425 g/mol. The maximum absolute atomic E-state index is 12.6. The molecule has 0 aliphatic carbocycles. The van der Waals surface area contributed by atoms with Gasteiger partial charge in [-0.25, -0.2) is 9.78 Å². The number of aryl methyl sites for hydroxylation is 1. The monoisotopic (exact) mass is 448 g/mol. The average Bonchev–Trinajstić information content (AvgIpc) is 3.31. The lowest BCUT2D eigenvalue weighted by atomic mass is 9.97. The predicted molar refractivity (Wildman–Crippen MR) is 103 cm³/mol. The Morgan fingerprint density at radius 3 is 2.70 bits per heavy atom. The molecule has 8 nitrogen and oxygen atoms in total. The Morgan fingerprint density at radius 1 is 1.43 bits per heavy atom. The fourth-order valence-corrected chi connectivity index (χ4v) is 3.71. The Bertz CT molecular complexity index is 839. The highest BCUT2D eigenvalue weighted by molar-refractivity contribution is 7.07. The van der Waals surface area contributed by atoms with E-state index >= 15 is 0 Å². The number of aromatic nitrogens is 2. The number of halogens is 3. The van der Waals surface area contributed by atoms with E-state index in [1.54, 1.807) is 24.8 Å². The fourth-order valence-electron chi connectivity index (χ4n) is 3.05. The van der Waals surface area contributed by atoms with Gasteiger partial charge in [-0.2, -0.15) is 24.5 Å². The van der Waals surface area contributed by atoms with Crippen LogP contribution in [0.3, 0.4) is 0 Å². The summed E-state index contributed by atoms with van der Waals surface area (Å²) in [5, 5.41) is 14.3. The highest BCUT2D eigenvalue weighted by atomic mass is 32.1. The number of amides is 1. The van der Waals surface area contributed by atoms with Crippen LogP contribution in [0.25, 0.3) is 0 Å². The predicted octanol–water partition coefficient (Wildman–Crippen LogP) is 1.98. The fraction of sp³-hybridized carbons (Fsp3) is 0.500. The van der Waals surface area contributed by atoms with Crippen LogP contribution in [0.5, 0.6) is 0 Å². The molecule has 3 heterocycles. The van der Waals surface area contributed by atoms with E-state index in [2.05, 4.69) is 32.0 Å². The number of alkyl halides is 3. The van der Waals surface area contributed by atoms with Crippen molar-refractivity contribution in [3.05, 3.63) is 40.1 Å². The molecule has 2 N–H and O–H groups in total. The van der Waals surface area contributed by atoms with E-state index in [4.69, 9.17) is 14.6 Å². The number of hydrogen-bond donors (Lipinski definition) is 2. The third-order valence-corrected chi connectivity index (χ3v) is 5.09. The van der Waals surface area contributed by atoms with Crippen molar-refractivity contribution < 1.29 is 32.6 Å². The normalized spacial score (nSPS) is 16.4. The van der Waals surface area contributed by atoms with E-state index in [-0.39, 0.29) is 11.8 Å². The van der Waals surface area contributed by atoms with Crippen LogP contribution in [0.15, 0.2) is 23.2 Å². The number of thiophene rings is 1. The molecule has 0 bridgehead atoms. The van der Waals surface area contributed by atoms with Crippen LogP contribution in [-0.4, -0.2) is 64.4 Å². The largest absolute Gasteiger partial charge is 0.490 e. The molecule has 3 rings (SSSR count). The molecule has 12 heteroatoms. The molecule has 0 aromatic carbocycles. The number of methoxy groups -OCH3 is 1. The molecule has 1 amide bonds. The van der Waals surface area contributed by atoms with Crippen LogP contribution in [-0.2, 0) is 34.5 Å². The first-order valence-electron chi connectivity index (χ1n) is 8.93. The number of carboxylic acids is 1. The smallest absolute Gasteiger partial charge is 0.475 e. The molecule has 166 valence electrons. The Balaban J connectivity index is 0.000000396. The lowest BCUT2D eigenvalue weighted by Crippen LogP contribution is -2.42. The van der Waals surface area contributed by atoms with Gasteiger partial charge < -0.3 is 19.7 Å². The van der Waals surface area contributed by atoms with Crippen LogP contribution >= 0.6 is 11.3 Å². The lowest BCUT2D eigenvalue weighted by Gasteiger charge is -2.32. The van der Waals surface area contributed by atoms with E-state index in [1.165, 1.54) is 5.56 Å². The Morgan fingerprint density at radius 2 is 2.13 bits per heavy atom. The zero-order valence-corrected chi connectivity index (χ0v) is 17.3. The number of fused-ring (bicyclic) bond motifs is 1. The number of carboxylic acid groups (broad SMARTS) is 1. The second-order valence-electron chi connectivity index (χ2n) is 6.63. The molecule has 2 aromatic heterocycles. The average molecular weight is 448 g/mol. The van der Waals surface area contributed by atoms with Gasteiger partial charge in [-0.3, -0.25) is 9.69 Å². The minimum atomic E-state index is -5.08. The third-order valence-electron chi connectivity index (χ3n) is 4.36. The number of imidazole rings is 1. The lowest BCUT2D eigenvalue weighted by molar-refractivity contribution is -0.192. The van der Waals surface area contributed by atoms with Crippen molar-refractivity contribution in [1.82, 2.24) is 19.8 Å². The maximum atomic E-state index is 12.6. The van der Waals surface area contributed by atoms with E-state index in [1.807, 2.05) is 11.6 Å². The number of rotatable bonds is 6. The zero-order valence-electron chi connectivity index (χ0n) is 16.5. The third kappa shape index (κ3) is 6.54. The first kappa shape index (κ1) is 23.8. The van der Waals surface area contributed by atoms with Gasteiger partial charge in [0.05, 0.1) is 30.2 Å². The molecule has 1 atom stereocenters. The van der Waals surface area contributed by atoms with Crippen molar-refractivity contribution in [3.8, 4) is 0 Å². The highest BCUT2D eigenvalue weighted by Crippen LogP contribution is 2.28. The molecule has 0 spiro atoms. The van der Waals surface area contributed by atoms with Gasteiger partial charge in [0, 0.05) is 40.3 Å². The summed E-state index contributed by atoms with van der Waals surface area (Å²) in [6.45, 7) is 3.40. The summed E-state index contributed by atoms with van der Waals surface area (Å²) in [4.78, 5) is 28.3. The van der Waals surface area contributed by atoms with Crippen molar-refractivity contribution in [2.24, 2.45) is 7.05 Å². The van der Waals surface area contributed by atoms with E-state index in [0.717, 1.165) is 24.5 Å². The molecule has 0 radical (unpaired) electrons. The summed E-state index contributed by atoms with van der Waals surface area (Å²) in [6.07, 6.45) is -3.28. The Hall–Kier alpha value is -2.44. The highest BCUT2D eigenvalue weighted by Gasteiger charge is 2.38. The second kappa shape index (κ2) is 10.5. The minimum absolute atomic E-state index is 0.0434. The van der Waals surface area contributed by atoms with Crippen molar-refractivity contribution in [1.29, 1.82) is 0 Å². The SMILES string of the molecule is COCCNC(=O)C1CN(Cc2ccsc2)Cc2ncn(C)c21.O=C(O)C(F)(F)F. The molecule has 0 fully saturated rings. The Labute approximate surface area is 175 Å². The van der Waals surface area contributed by atoms with Gasteiger partial charge >= 0.3 is 12.1 Å². The van der Waals surface area contributed by atoms with Gasteiger partial charge in [0.2, 0.25) is 5.91 Å². The quantitative estimate of drug-likeness (QED) is 0.656. The van der Waals surface area contributed by atoms with Gasteiger partial charge in [0.25, 0.3) is 0 Å². The van der Waals surface area contributed by atoms with Crippen molar-refractivity contribution >= 4 is 23.2 Å². The summed E-state index contributed by atoms with van der Waals surface area (Å²) >= 11 is 1.70. The number of carbonyl (C=O) groups is 2.